The lowest BCUT2D eigenvalue weighted by atomic mass is 10.2. The molecule has 0 amide bonds. The van der Waals surface area contributed by atoms with Gasteiger partial charge in [0.05, 0.1) is 13.2 Å². The molecule has 0 unspecified atom stereocenters. The van der Waals surface area contributed by atoms with Crippen LogP contribution in [0.1, 0.15) is 0 Å². The van der Waals surface area contributed by atoms with Crippen molar-refractivity contribution in [2.24, 2.45) is 5.73 Å². The van der Waals surface area contributed by atoms with Crippen LogP contribution in [0.5, 0.6) is 0 Å². The van der Waals surface area contributed by atoms with Gasteiger partial charge < -0.3 is 15.0 Å². The molecule has 0 aliphatic carbocycles. The van der Waals surface area contributed by atoms with Crippen LogP contribution in [0.3, 0.4) is 0 Å². The van der Waals surface area contributed by atoms with Crippen LogP contribution >= 0.6 is 0 Å². The monoisotopic (exact) mass is 232 g/mol. The molecule has 17 heavy (non-hydrogen) atoms. The molecule has 0 bridgehead atoms. The number of fused-ring (bicyclic) bond motifs is 1. The first kappa shape index (κ1) is 11.8. The van der Waals surface area contributed by atoms with E-state index in [0.717, 1.165) is 10.8 Å². The van der Waals surface area contributed by atoms with Gasteiger partial charge >= 0.3 is 0 Å². The van der Waals surface area contributed by atoms with Gasteiger partial charge in [-0.2, -0.15) is 0 Å². The van der Waals surface area contributed by atoms with Crippen LogP contribution in [-0.4, -0.2) is 24.3 Å². The fourth-order valence-electron chi connectivity index (χ4n) is 1.75. The lowest BCUT2D eigenvalue weighted by molar-refractivity contribution is 0.132. The van der Waals surface area contributed by atoms with Gasteiger partial charge in [0.15, 0.2) is 0 Å². The Balaban J connectivity index is 2.18. The summed E-state index contributed by atoms with van der Waals surface area (Å²) in [5.41, 5.74) is 5.35. The lowest BCUT2D eigenvalue weighted by Crippen LogP contribution is -2.22. The van der Waals surface area contributed by atoms with Crippen molar-refractivity contribution in [1.82, 2.24) is 4.57 Å². The maximum absolute atomic E-state index is 12.1. The topological polar surface area (TPSA) is 57.2 Å². The van der Waals surface area contributed by atoms with Crippen molar-refractivity contribution >= 4 is 10.8 Å². The number of nitrogens with two attached hydrogens (primary N) is 1. The third kappa shape index (κ3) is 2.72. The van der Waals surface area contributed by atoms with Crippen molar-refractivity contribution in [3.05, 3.63) is 46.9 Å². The molecule has 2 N–H and O–H groups in total. The number of nitrogens with zero attached hydrogens (tertiary/aromatic N) is 1. The SMILES string of the molecule is NCCOCCn1ccc2ccccc2c1=O. The number of rotatable bonds is 5. The predicted octanol–water partition coefficient (Wildman–Crippen LogP) is 0.977. The molecule has 0 saturated carbocycles. The van der Waals surface area contributed by atoms with Gasteiger partial charge in [0.25, 0.3) is 5.56 Å². The van der Waals surface area contributed by atoms with E-state index in [1.54, 1.807) is 10.8 Å². The molecule has 0 radical (unpaired) electrons. The Labute approximate surface area is 99.6 Å². The average molecular weight is 232 g/mol. The summed E-state index contributed by atoms with van der Waals surface area (Å²) in [5.74, 6) is 0. The van der Waals surface area contributed by atoms with E-state index in [2.05, 4.69) is 0 Å². The van der Waals surface area contributed by atoms with Crippen molar-refractivity contribution in [3.63, 3.8) is 0 Å². The normalized spacial score (nSPS) is 10.9. The summed E-state index contributed by atoms with van der Waals surface area (Å²) in [4.78, 5) is 12.1. The zero-order chi connectivity index (χ0) is 12.1. The van der Waals surface area contributed by atoms with E-state index >= 15 is 0 Å². The number of benzene rings is 1. The molecule has 4 heteroatoms. The summed E-state index contributed by atoms with van der Waals surface area (Å²) in [7, 11) is 0. The third-order valence-corrected chi connectivity index (χ3v) is 2.62. The number of hydrogen-bond acceptors (Lipinski definition) is 3. The quantitative estimate of drug-likeness (QED) is 0.782. The van der Waals surface area contributed by atoms with Gasteiger partial charge in [-0.25, -0.2) is 0 Å². The molecular weight excluding hydrogens is 216 g/mol. The molecule has 1 heterocycles. The van der Waals surface area contributed by atoms with Crippen molar-refractivity contribution < 1.29 is 4.74 Å². The summed E-state index contributed by atoms with van der Waals surface area (Å²) in [5, 5.41) is 1.71. The maximum atomic E-state index is 12.1. The van der Waals surface area contributed by atoms with Crippen molar-refractivity contribution in [3.8, 4) is 0 Å². The molecule has 2 aromatic rings. The van der Waals surface area contributed by atoms with E-state index in [1.807, 2.05) is 30.3 Å². The van der Waals surface area contributed by atoms with Gasteiger partial charge in [0.2, 0.25) is 0 Å². The van der Waals surface area contributed by atoms with E-state index in [1.165, 1.54) is 0 Å². The Bertz CT molecular complexity index is 548. The molecule has 0 atom stereocenters. The Morgan fingerprint density at radius 2 is 2.00 bits per heavy atom. The second kappa shape index (κ2) is 5.61. The average Bonchev–Trinajstić information content (AvgIpc) is 2.37. The lowest BCUT2D eigenvalue weighted by Gasteiger charge is -2.07. The highest BCUT2D eigenvalue weighted by molar-refractivity contribution is 5.81. The zero-order valence-electron chi connectivity index (χ0n) is 9.63. The van der Waals surface area contributed by atoms with Crippen LogP contribution in [0, 0.1) is 0 Å². The van der Waals surface area contributed by atoms with Gasteiger partial charge in [-0.15, -0.1) is 0 Å². The van der Waals surface area contributed by atoms with Crippen LogP contribution in [0.15, 0.2) is 41.3 Å². The summed E-state index contributed by atoms with van der Waals surface area (Å²) in [6.45, 7) is 2.11. The summed E-state index contributed by atoms with van der Waals surface area (Å²) in [6.07, 6.45) is 1.80. The zero-order valence-corrected chi connectivity index (χ0v) is 9.63. The number of pyridine rings is 1. The fourth-order valence-corrected chi connectivity index (χ4v) is 1.75. The van der Waals surface area contributed by atoms with Crippen molar-refractivity contribution in [2.75, 3.05) is 19.8 Å². The number of ether oxygens (including phenoxy) is 1. The highest BCUT2D eigenvalue weighted by Crippen LogP contribution is 2.07. The Hall–Kier alpha value is -1.65. The first-order chi connectivity index (χ1) is 8.33. The van der Waals surface area contributed by atoms with Crippen LogP contribution in [0.25, 0.3) is 10.8 Å². The minimum Gasteiger partial charge on any atom is -0.378 e. The minimum atomic E-state index is 0.0273. The highest BCUT2D eigenvalue weighted by Gasteiger charge is 2.01. The van der Waals surface area contributed by atoms with E-state index in [9.17, 15) is 4.79 Å². The van der Waals surface area contributed by atoms with Gasteiger partial charge in [0, 0.05) is 24.7 Å². The van der Waals surface area contributed by atoms with Crippen LogP contribution in [-0.2, 0) is 11.3 Å². The van der Waals surface area contributed by atoms with Gasteiger partial charge in [-0.1, -0.05) is 18.2 Å². The Morgan fingerprint density at radius 3 is 2.82 bits per heavy atom. The van der Waals surface area contributed by atoms with Crippen LogP contribution in [0.2, 0.25) is 0 Å². The van der Waals surface area contributed by atoms with Gasteiger partial charge in [-0.05, 0) is 17.5 Å². The molecule has 4 nitrogen and oxygen atoms in total. The van der Waals surface area contributed by atoms with Gasteiger partial charge in [-0.3, -0.25) is 4.79 Å². The molecular formula is C13H16N2O2. The van der Waals surface area contributed by atoms with Crippen molar-refractivity contribution in [1.29, 1.82) is 0 Å². The molecule has 2 rings (SSSR count). The summed E-state index contributed by atoms with van der Waals surface area (Å²) >= 11 is 0. The van der Waals surface area contributed by atoms with Crippen LogP contribution in [0.4, 0.5) is 0 Å². The molecule has 0 spiro atoms. The number of aromatic nitrogens is 1. The highest BCUT2D eigenvalue weighted by atomic mass is 16.5. The molecule has 0 aliphatic heterocycles. The summed E-state index contributed by atoms with van der Waals surface area (Å²) in [6, 6.07) is 9.52. The molecule has 1 aromatic carbocycles. The summed E-state index contributed by atoms with van der Waals surface area (Å²) < 4.78 is 6.93. The third-order valence-electron chi connectivity index (χ3n) is 2.62. The largest absolute Gasteiger partial charge is 0.378 e. The molecule has 0 fully saturated rings. The molecule has 0 saturated heterocycles. The van der Waals surface area contributed by atoms with Crippen LogP contribution < -0.4 is 11.3 Å². The molecule has 90 valence electrons. The standard InChI is InChI=1S/C13H16N2O2/c14-6-9-17-10-8-15-7-5-11-3-1-2-4-12(11)13(15)16/h1-5,7H,6,8-10,14H2. The molecule has 1 aromatic heterocycles. The second-order valence-corrected chi connectivity index (χ2v) is 3.80. The fraction of sp³-hybridized carbons (Fsp3) is 0.308. The first-order valence-corrected chi connectivity index (χ1v) is 5.69. The van der Waals surface area contributed by atoms with Gasteiger partial charge in [0.1, 0.15) is 0 Å². The maximum Gasteiger partial charge on any atom is 0.258 e. The van der Waals surface area contributed by atoms with E-state index in [0.29, 0.717) is 26.3 Å². The molecule has 0 aliphatic rings. The Kier molecular flexibility index (Phi) is 3.90. The Morgan fingerprint density at radius 1 is 1.18 bits per heavy atom. The predicted molar refractivity (Wildman–Crippen MR) is 68.1 cm³/mol. The van der Waals surface area contributed by atoms with E-state index in [4.69, 9.17) is 10.5 Å². The smallest absolute Gasteiger partial charge is 0.258 e. The van der Waals surface area contributed by atoms with E-state index < -0.39 is 0 Å². The van der Waals surface area contributed by atoms with Crippen molar-refractivity contribution in [2.45, 2.75) is 6.54 Å². The minimum absolute atomic E-state index is 0.0273. The van der Waals surface area contributed by atoms with E-state index in [-0.39, 0.29) is 5.56 Å². The number of hydrogen-bond donors (Lipinski definition) is 1. The first-order valence-electron chi connectivity index (χ1n) is 5.69. The second-order valence-electron chi connectivity index (χ2n) is 3.80.